The Morgan fingerprint density at radius 2 is 1.79 bits per heavy atom. The molecule has 0 aromatic rings. The molecular weight excluding hydrogens is 250 g/mol. The molecule has 1 atom stereocenters. The summed E-state index contributed by atoms with van der Waals surface area (Å²) >= 11 is 0. The predicted molar refractivity (Wildman–Crippen MR) is 70.7 cm³/mol. The van der Waals surface area contributed by atoms with Gasteiger partial charge < -0.3 is 20.6 Å². The van der Waals surface area contributed by atoms with E-state index in [1.54, 1.807) is 14.1 Å². The van der Waals surface area contributed by atoms with E-state index in [9.17, 15) is 14.4 Å². The molecule has 0 spiro atoms. The summed E-state index contributed by atoms with van der Waals surface area (Å²) in [5.74, 6) is -0.779. The molecule has 0 bridgehead atoms. The third kappa shape index (κ3) is 9.87. The first kappa shape index (κ1) is 17.2. The van der Waals surface area contributed by atoms with E-state index in [1.165, 1.54) is 4.90 Å². The van der Waals surface area contributed by atoms with Crippen molar-refractivity contribution in [2.45, 2.75) is 26.2 Å². The van der Waals surface area contributed by atoms with Crippen LogP contribution in [-0.2, 0) is 9.59 Å². The number of hydrogen-bond acceptors (Lipinski definition) is 3. The standard InChI is InChI=1S/C12H23N3O4/c1-9(4-5-11(17)18)8-14-12(19)13-7-6-10(16)15(2)3/h9H,4-8H2,1-3H3,(H,17,18)(H2,13,14,19). The minimum absolute atomic E-state index is 0.0462. The maximum absolute atomic E-state index is 11.4. The first-order valence-electron chi connectivity index (χ1n) is 6.26. The summed E-state index contributed by atoms with van der Waals surface area (Å²) in [7, 11) is 3.32. The molecule has 1 unspecified atom stereocenters. The van der Waals surface area contributed by atoms with Crippen molar-refractivity contribution in [3.05, 3.63) is 0 Å². The molecule has 0 aliphatic carbocycles. The van der Waals surface area contributed by atoms with Crippen LogP contribution in [0, 0.1) is 5.92 Å². The molecule has 0 rings (SSSR count). The van der Waals surface area contributed by atoms with Crippen LogP contribution >= 0.6 is 0 Å². The molecule has 0 aromatic heterocycles. The Labute approximate surface area is 113 Å². The number of carbonyl (C=O) groups is 3. The van der Waals surface area contributed by atoms with Gasteiger partial charge in [-0.1, -0.05) is 6.92 Å². The van der Waals surface area contributed by atoms with E-state index in [2.05, 4.69) is 10.6 Å². The molecule has 0 saturated heterocycles. The second-order valence-corrected chi connectivity index (χ2v) is 4.71. The molecule has 0 aliphatic heterocycles. The normalized spacial score (nSPS) is 11.5. The lowest BCUT2D eigenvalue weighted by molar-refractivity contribution is -0.137. The molecule has 19 heavy (non-hydrogen) atoms. The Kier molecular flexibility index (Phi) is 8.32. The maximum atomic E-state index is 11.4. The van der Waals surface area contributed by atoms with Crippen LogP contribution in [0.3, 0.4) is 0 Å². The van der Waals surface area contributed by atoms with E-state index in [0.717, 1.165) is 0 Å². The van der Waals surface area contributed by atoms with Crippen molar-refractivity contribution in [3.63, 3.8) is 0 Å². The van der Waals surface area contributed by atoms with E-state index in [4.69, 9.17) is 5.11 Å². The van der Waals surface area contributed by atoms with E-state index in [-0.39, 0.29) is 37.2 Å². The van der Waals surface area contributed by atoms with Gasteiger partial charge in [0, 0.05) is 40.0 Å². The molecular formula is C12H23N3O4. The van der Waals surface area contributed by atoms with E-state index >= 15 is 0 Å². The van der Waals surface area contributed by atoms with Gasteiger partial charge >= 0.3 is 12.0 Å². The highest BCUT2D eigenvalue weighted by Gasteiger charge is 2.08. The van der Waals surface area contributed by atoms with Crippen LogP contribution in [0.1, 0.15) is 26.2 Å². The summed E-state index contributed by atoms with van der Waals surface area (Å²) in [6.07, 6.45) is 0.880. The van der Waals surface area contributed by atoms with Crippen LogP contribution in [0.2, 0.25) is 0 Å². The molecule has 3 N–H and O–H groups in total. The van der Waals surface area contributed by atoms with E-state index < -0.39 is 5.97 Å². The Balaban J connectivity index is 3.64. The zero-order valence-electron chi connectivity index (χ0n) is 11.7. The topological polar surface area (TPSA) is 98.7 Å². The maximum Gasteiger partial charge on any atom is 0.314 e. The number of aliphatic carboxylic acids is 1. The highest BCUT2D eigenvalue weighted by Crippen LogP contribution is 2.03. The summed E-state index contributed by atoms with van der Waals surface area (Å²) in [6, 6.07) is -0.339. The average molecular weight is 273 g/mol. The summed E-state index contributed by atoms with van der Waals surface area (Å²) in [6.45, 7) is 2.58. The van der Waals surface area contributed by atoms with Crippen LogP contribution in [0.4, 0.5) is 4.79 Å². The number of hydrogen-bond donors (Lipinski definition) is 3. The largest absolute Gasteiger partial charge is 0.481 e. The molecule has 110 valence electrons. The number of nitrogens with zero attached hydrogens (tertiary/aromatic N) is 1. The van der Waals surface area contributed by atoms with Gasteiger partial charge in [0.15, 0.2) is 0 Å². The summed E-state index contributed by atoms with van der Waals surface area (Å²) < 4.78 is 0. The molecule has 0 heterocycles. The monoisotopic (exact) mass is 273 g/mol. The fraction of sp³-hybridized carbons (Fsp3) is 0.750. The first-order chi connectivity index (χ1) is 8.82. The van der Waals surface area contributed by atoms with Gasteiger partial charge in [-0.3, -0.25) is 9.59 Å². The van der Waals surface area contributed by atoms with Crippen LogP contribution in [0.15, 0.2) is 0 Å². The third-order valence-electron chi connectivity index (χ3n) is 2.59. The van der Waals surface area contributed by atoms with Gasteiger partial charge in [-0.15, -0.1) is 0 Å². The number of carboxylic acids is 1. The zero-order chi connectivity index (χ0) is 14.8. The van der Waals surface area contributed by atoms with Crippen molar-refractivity contribution in [1.82, 2.24) is 15.5 Å². The zero-order valence-corrected chi connectivity index (χ0v) is 11.7. The molecule has 3 amide bonds. The highest BCUT2D eigenvalue weighted by atomic mass is 16.4. The Morgan fingerprint density at radius 1 is 1.16 bits per heavy atom. The quantitative estimate of drug-likeness (QED) is 0.591. The summed E-state index contributed by atoms with van der Waals surface area (Å²) in [5, 5.41) is 13.7. The van der Waals surface area contributed by atoms with Crippen LogP contribution in [0.25, 0.3) is 0 Å². The number of urea groups is 1. The number of amides is 3. The van der Waals surface area contributed by atoms with E-state index in [0.29, 0.717) is 13.0 Å². The number of carboxylic acid groups (broad SMARTS) is 1. The van der Waals surface area contributed by atoms with Gasteiger partial charge in [0.25, 0.3) is 0 Å². The smallest absolute Gasteiger partial charge is 0.314 e. The third-order valence-corrected chi connectivity index (χ3v) is 2.59. The molecule has 7 nitrogen and oxygen atoms in total. The SMILES string of the molecule is CC(CCC(=O)O)CNC(=O)NCCC(=O)N(C)C. The van der Waals surface area contributed by atoms with Gasteiger partial charge in [0.2, 0.25) is 5.91 Å². The van der Waals surface area contributed by atoms with Crippen LogP contribution < -0.4 is 10.6 Å². The fourth-order valence-corrected chi connectivity index (χ4v) is 1.31. The van der Waals surface area contributed by atoms with Crippen LogP contribution in [0.5, 0.6) is 0 Å². The lowest BCUT2D eigenvalue weighted by atomic mass is 10.1. The van der Waals surface area contributed by atoms with Gasteiger partial charge in [-0.25, -0.2) is 4.79 Å². The number of nitrogens with one attached hydrogen (secondary N) is 2. The van der Waals surface area contributed by atoms with Gasteiger partial charge in [-0.05, 0) is 12.3 Å². The average Bonchev–Trinajstić information content (AvgIpc) is 2.33. The molecule has 0 radical (unpaired) electrons. The summed E-state index contributed by atoms with van der Waals surface area (Å²) in [5.41, 5.74) is 0. The van der Waals surface area contributed by atoms with Gasteiger partial charge in [0.1, 0.15) is 0 Å². The lowest BCUT2D eigenvalue weighted by Gasteiger charge is -2.13. The molecule has 0 fully saturated rings. The Morgan fingerprint density at radius 3 is 2.32 bits per heavy atom. The van der Waals surface area contributed by atoms with Crippen molar-refractivity contribution in [2.75, 3.05) is 27.2 Å². The van der Waals surface area contributed by atoms with Gasteiger partial charge in [-0.2, -0.15) is 0 Å². The second-order valence-electron chi connectivity index (χ2n) is 4.71. The van der Waals surface area contributed by atoms with Crippen molar-refractivity contribution in [1.29, 1.82) is 0 Å². The lowest BCUT2D eigenvalue weighted by Crippen LogP contribution is -2.39. The number of rotatable bonds is 8. The minimum Gasteiger partial charge on any atom is -0.481 e. The second kappa shape index (κ2) is 9.18. The highest BCUT2D eigenvalue weighted by molar-refractivity contribution is 5.77. The molecule has 7 heteroatoms. The van der Waals surface area contributed by atoms with Crippen molar-refractivity contribution >= 4 is 17.9 Å². The molecule has 0 saturated carbocycles. The molecule has 0 aromatic carbocycles. The summed E-state index contributed by atoms with van der Waals surface area (Å²) in [4.78, 5) is 34.4. The van der Waals surface area contributed by atoms with Crippen LogP contribution in [-0.4, -0.2) is 55.1 Å². The Hall–Kier alpha value is -1.79. The Bertz CT molecular complexity index is 318. The van der Waals surface area contributed by atoms with Gasteiger partial charge in [0.05, 0.1) is 0 Å². The van der Waals surface area contributed by atoms with Crippen molar-refractivity contribution < 1.29 is 19.5 Å². The van der Waals surface area contributed by atoms with Crippen molar-refractivity contribution in [3.8, 4) is 0 Å². The predicted octanol–water partition coefficient (Wildman–Crippen LogP) is 0.265. The molecule has 0 aliphatic rings. The first-order valence-corrected chi connectivity index (χ1v) is 6.26. The fourth-order valence-electron chi connectivity index (χ4n) is 1.31. The van der Waals surface area contributed by atoms with E-state index in [1.807, 2.05) is 6.92 Å². The minimum atomic E-state index is -0.835. The van der Waals surface area contributed by atoms with Crippen molar-refractivity contribution in [2.24, 2.45) is 5.92 Å². The number of carbonyl (C=O) groups excluding carboxylic acids is 2.